The molecule has 15 heavy (non-hydrogen) atoms. The molecular weight excluding hydrogens is 188 g/mol. The minimum atomic E-state index is 0.399. The van der Waals surface area contributed by atoms with Gasteiger partial charge in [0.15, 0.2) is 0 Å². The molecule has 1 aliphatic carbocycles. The number of aryl methyl sites for hydroxylation is 1. The van der Waals surface area contributed by atoms with Crippen LogP contribution in [-0.4, -0.2) is 16.3 Å². The molecular formula is C11H16N4. The van der Waals surface area contributed by atoms with Gasteiger partial charge in [-0.25, -0.2) is 0 Å². The zero-order valence-corrected chi connectivity index (χ0v) is 9.03. The summed E-state index contributed by atoms with van der Waals surface area (Å²) < 4.78 is 1.97. The lowest BCUT2D eigenvalue weighted by Crippen LogP contribution is -2.25. The monoisotopic (exact) mass is 204 g/mol. The third-order valence-electron chi connectivity index (χ3n) is 3.00. The standard InChI is InChI=1S/C11H16N4/c1-15-11-5-2-4-10(9(11)8-14-15)13-7-3-6-12/h8,10,13H,2-5,7H2,1H3. The van der Waals surface area contributed by atoms with Crippen LogP contribution in [0, 0.1) is 11.3 Å². The topological polar surface area (TPSA) is 53.6 Å². The largest absolute Gasteiger partial charge is 0.309 e. The van der Waals surface area contributed by atoms with E-state index in [0.717, 1.165) is 19.4 Å². The molecule has 0 aliphatic heterocycles. The van der Waals surface area contributed by atoms with E-state index in [0.29, 0.717) is 12.5 Å². The molecule has 1 aliphatic rings. The SMILES string of the molecule is Cn1ncc2c1CCCC2NCCC#N. The number of hydrogen-bond donors (Lipinski definition) is 1. The van der Waals surface area contributed by atoms with Crippen molar-refractivity contribution in [2.75, 3.05) is 6.54 Å². The molecule has 4 nitrogen and oxygen atoms in total. The summed E-state index contributed by atoms with van der Waals surface area (Å²) in [6.07, 6.45) is 6.02. The van der Waals surface area contributed by atoms with E-state index in [1.54, 1.807) is 0 Å². The molecule has 2 rings (SSSR count). The van der Waals surface area contributed by atoms with Crippen LogP contribution < -0.4 is 5.32 Å². The average molecular weight is 204 g/mol. The molecule has 1 heterocycles. The van der Waals surface area contributed by atoms with Crippen LogP contribution in [0.4, 0.5) is 0 Å². The van der Waals surface area contributed by atoms with Gasteiger partial charge in [-0.05, 0) is 19.3 Å². The van der Waals surface area contributed by atoms with Crippen molar-refractivity contribution < 1.29 is 0 Å². The number of fused-ring (bicyclic) bond motifs is 1. The van der Waals surface area contributed by atoms with E-state index in [1.807, 2.05) is 17.9 Å². The second kappa shape index (κ2) is 4.45. The predicted molar refractivity (Wildman–Crippen MR) is 57.1 cm³/mol. The molecule has 0 spiro atoms. The van der Waals surface area contributed by atoms with Crippen LogP contribution in [0.3, 0.4) is 0 Å². The third kappa shape index (κ3) is 2.02. The molecule has 0 saturated heterocycles. The minimum absolute atomic E-state index is 0.399. The third-order valence-corrected chi connectivity index (χ3v) is 3.00. The van der Waals surface area contributed by atoms with Crippen molar-refractivity contribution in [2.45, 2.75) is 31.7 Å². The van der Waals surface area contributed by atoms with Gasteiger partial charge >= 0.3 is 0 Å². The molecule has 1 unspecified atom stereocenters. The molecule has 0 fully saturated rings. The number of nitrogens with one attached hydrogen (secondary N) is 1. The molecule has 0 aromatic carbocycles. The first-order valence-electron chi connectivity index (χ1n) is 5.44. The Morgan fingerprint density at radius 3 is 3.40 bits per heavy atom. The average Bonchev–Trinajstić information content (AvgIpc) is 2.62. The minimum Gasteiger partial charge on any atom is -0.309 e. The second-order valence-corrected chi connectivity index (χ2v) is 3.98. The first kappa shape index (κ1) is 10.2. The van der Waals surface area contributed by atoms with Crippen molar-refractivity contribution in [1.29, 1.82) is 5.26 Å². The number of aromatic nitrogens is 2. The zero-order chi connectivity index (χ0) is 10.7. The zero-order valence-electron chi connectivity index (χ0n) is 9.03. The van der Waals surface area contributed by atoms with E-state index in [2.05, 4.69) is 16.5 Å². The van der Waals surface area contributed by atoms with Gasteiger partial charge in [0.25, 0.3) is 0 Å². The van der Waals surface area contributed by atoms with Crippen molar-refractivity contribution in [3.8, 4) is 6.07 Å². The van der Waals surface area contributed by atoms with Gasteiger partial charge in [-0.2, -0.15) is 10.4 Å². The molecule has 0 bridgehead atoms. The Hall–Kier alpha value is -1.34. The molecule has 1 atom stereocenters. The second-order valence-electron chi connectivity index (χ2n) is 3.98. The number of hydrogen-bond acceptors (Lipinski definition) is 3. The summed E-state index contributed by atoms with van der Waals surface area (Å²) in [5.74, 6) is 0. The van der Waals surface area contributed by atoms with Gasteiger partial charge < -0.3 is 5.32 Å². The van der Waals surface area contributed by atoms with E-state index >= 15 is 0 Å². The maximum absolute atomic E-state index is 8.49. The van der Waals surface area contributed by atoms with Crippen LogP contribution in [0.5, 0.6) is 0 Å². The molecule has 80 valence electrons. The first-order chi connectivity index (χ1) is 7.33. The predicted octanol–water partition coefficient (Wildman–Crippen LogP) is 1.30. The van der Waals surface area contributed by atoms with Crippen LogP contribution in [0.25, 0.3) is 0 Å². The summed E-state index contributed by atoms with van der Waals surface area (Å²) in [7, 11) is 2.00. The van der Waals surface area contributed by atoms with Gasteiger partial charge in [-0.15, -0.1) is 0 Å². The summed E-state index contributed by atoms with van der Waals surface area (Å²) in [6.45, 7) is 0.773. The van der Waals surface area contributed by atoms with E-state index in [4.69, 9.17) is 5.26 Å². The van der Waals surface area contributed by atoms with Crippen molar-refractivity contribution in [3.05, 3.63) is 17.5 Å². The molecule has 4 heteroatoms. The Morgan fingerprint density at radius 2 is 2.60 bits per heavy atom. The highest BCUT2D eigenvalue weighted by Gasteiger charge is 2.22. The molecule has 1 aromatic rings. The van der Waals surface area contributed by atoms with E-state index in [1.165, 1.54) is 17.7 Å². The highest BCUT2D eigenvalue weighted by atomic mass is 15.3. The summed E-state index contributed by atoms with van der Waals surface area (Å²) in [5.41, 5.74) is 2.66. The lowest BCUT2D eigenvalue weighted by Gasteiger charge is -2.23. The van der Waals surface area contributed by atoms with Gasteiger partial charge in [-0.1, -0.05) is 0 Å². The van der Waals surface area contributed by atoms with E-state index in [9.17, 15) is 0 Å². The molecule has 0 radical (unpaired) electrons. The Morgan fingerprint density at radius 1 is 1.73 bits per heavy atom. The number of nitrogens with zero attached hydrogens (tertiary/aromatic N) is 3. The van der Waals surface area contributed by atoms with Crippen molar-refractivity contribution in [2.24, 2.45) is 7.05 Å². The fourth-order valence-corrected chi connectivity index (χ4v) is 2.22. The van der Waals surface area contributed by atoms with E-state index in [-0.39, 0.29) is 0 Å². The maximum atomic E-state index is 8.49. The van der Waals surface area contributed by atoms with Crippen LogP contribution in [0.1, 0.15) is 36.6 Å². The molecule has 0 saturated carbocycles. The van der Waals surface area contributed by atoms with Crippen LogP contribution in [0.2, 0.25) is 0 Å². The summed E-state index contributed by atoms with van der Waals surface area (Å²) in [5, 5.41) is 16.2. The van der Waals surface area contributed by atoms with E-state index < -0.39 is 0 Å². The Kier molecular flexibility index (Phi) is 3.02. The molecule has 0 amide bonds. The van der Waals surface area contributed by atoms with Crippen molar-refractivity contribution in [1.82, 2.24) is 15.1 Å². The Bertz CT molecular complexity index is 374. The number of rotatable bonds is 3. The van der Waals surface area contributed by atoms with Gasteiger partial charge in [0.05, 0.1) is 12.3 Å². The fourth-order valence-electron chi connectivity index (χ4n) is 2.22. The fraction of sp³-hybridized carbons (Fsp3) is 0.636. The summed E-state index contributed by atoms with van der Waals surface area (Å²) >= 11 is 0. The highest BCUT2D eigenvalue weighted by Crippen LogP contribution is 2.28. The lowest BCUT2D eigenvalue weighted by molar-refractivity contribution is 0.458. The molecule has 1 aromatic heterocycles. The quantitative estimate of drug-likeness (QED) is 0.755. The van der Waals surface area contributed by atoms with Crippen LogP contribution in [-0.2, 0) is 13.5 Å². The highest BCUT2D eigenvalue weighted by molar-refractivity contribution is 5.24. The van der Waals surface area contributed by atoms with Gasteiger partial charge in [0.1, 0.15) is 0 Å². The van der Waals surface area contributed by atoms with Crippen molar-refractivity contribution in [3.63, 3.8) is 0 Å². The maximum Gasteiger partial charge on any atom is 0.0635 e. The summed E-state index contributed by atoms with van der Waals surface area (Å²) in [4.78, 5) is 0. The van der Waals surface area contributed by atoms with Crippen molar-refractivity contribution >= 4 is 0 Å². The van der Waals surface area contributed by atoms with Gasteiger partial charge in [0, 0.05) is 37.3 Å². The smallest absolute Gasteiger partial charge is 0.0635 e. The summed E-state index contributed by atoms with van der Waals surface area (Å²) in [6, 6.07) is 2.55. The van der Waals surface area contributed by atoms with Gasteiger partial charge in [0.2, 0.25) is 0 Å². The number of nitriles is 1. The van der Waals surface area contributed by atoms with Gasteiger partial charge in [-0.3, -0.25) is 4.68 Å². The first-order valence-corrected chi connectivity index (χ1v) is 5.44. The normalized spacial score (nSPS) is 19.6. The van der Waals surface area contributed by atoms with Crippen LogP contribution >= 0.6 is 0 Å². The Labute approximate surface area is 89.9 Å². The molecule has 1 N–H and O–H groups in total. The Balaban J connectivity index is 2.06. The lowest BCUT2D eigenvalue weighted by atomic mass is 9.93. The van der Waals surface area contributed by atoms with Crippen LogP contribution in [0.15, 0.2) is 6.20 Å².